The first kappa shape index (κ1) is 10.1. The van der Waals surface area contributed by atoms with Crippen molar-refractivity contribution in [2.45, 2.75) is 43.8 Å². The first-order valence-electron chi connectivity index (χ1n) is 5.60. The van der Waals surface area contributed by atoms with Crippen LogP contribution in [0.25, 0.3) is 0 Å². The Kier molecular flexibility index (Phi) is 3.52. The fourth-order valence-corrected chi connectivity index (χ4v) is 2.58. The average molecular weight is 206 g/mol. The quantitative estimate of drug-likeness (QED) is 0.690. The Morgan fingerprint density at radius 1 is 1.14 bits per heavy atom. The Morgan fingerprint density at radius 3 is 2.64 bits per heavy atom. The number of benzene rings is 1. The number of hydrogen-bond acceptors (Lipinski definition) is 1. The Bertz CT molecular complexity index is 287. The monoisotopic (exact) mass is 206 g/mol. The minimum atomic E-state index is 0.823. The first-order valence-corrected chi connectivity index (χ1v) is 6.23. The van der Waals surface area contributed by atoms with Crippen molar-refractivity contribution >= 4 is 12.6 Å². The van der Waals surface area contributed by atoms with Gasteiger partial charge in [0.05, 0.1) is 0 Å². The highest BCUT2D eigenvalue weighted by Crippen LogP contribution is 2.32. The molecule has 1 saturated carbocycles. The maximum Gasteiger partial charge on any atom is 0.0154 e. The summed E-state index contributed by atoms with van der Waals surface area (Å²) in [7, 11) is 0. The van der Waals surface area contributed by atoms with Gasteiger partial charge in [-0.25, -0.2) is 0 Å². The molecular formula is C13H18S. The largest absolute Gasteiger partial charge is 0.175 e. The Labute approximate surface area is 92.1 Å². The lowest BCUT2D eigenvalue weighted by atomic mass is 9.84. The van der Waals surface area contributed by atoms with Crippen molar-refractivity contribution in [3.8, 4) is 0 Å². The SMILES string of the molecule is SCc1cccc(C2CCCCC2)c1. The zero-order valence-corrected chi connectivity index (χ0v) is 9.47. The summed E-state index contributed by atoms with van der Waals surface area (Å²) in [4.78, 5) is 0. The second-order valence-electron chi connectivity index (χ2n) is 4.24. The van der Waals surface area contributed by atoms with E-state index in [9.17, 15) is 0 Å². The van der Waals surface area contributed by atoms with Crippen LogP contribution in [0.5, 0.6) is 0 Å². The summed E-state index contributed by atoms with van der Waals surface area (Å²) in [6.07, 6.45) is 7.03. The van der Waals surface area contributed by atoms with Crippen LogP contribution in [0.15, 0.2) is 24.3 Å². The van der Waals surface area contributed by atoms with Gasteiger partial charge >= 0.3 is 0 Å². The van der Waals surface area contributed by atoms with Crippen molar-refractivity contribution in [2.75, 3.05) is 0 Å². The van der Waals surface area contributed by atoms with Crippen LogP contribution >= 0.6 is 12.6 Å². The van der Waals surface area contributed by atoms with Crippen LogP contribution in [0.1, 0.15) is 49.1 Å². The first-order chi connectivity index (χ1) is 6.90. The second-order valence-corrected chi connectivity index (χ2v) is 4.55. The lowest BCUT2D eigenvalue weighted by molar-refractivity contribution is 0.443. The molecule has 0 heterocycles. The van der Waals surface area contributed by atoms with Crippen molar-refractivity contribution < 1.29 is 0 Å². The summed E-state index contributed by atoms with van der Waals surface area (Å²) in [5.41, 5.74) is 2.90. The molecule has 0 unspecified atom stereocenters. The standard InChI is InChI=1S/C13H18S/c14-10-11-5-4-8-13(9-11)12-6-2-1-3-7-12/h4-5,8-9,12,14H,1-3,6-7,10H2. The molecule has 0 nitrogen and oxygen atoms in total. The highest BCUT2D eigenvalue weighted by atomic mass is 32.1. The zero-order chi connectivity index (χ0) is 9.80. The Morgan fingerprint density at radius 2 is 1.93 bits per heavy atom. The topological polar surface area (TPSA) is 0 Å². The summed E-state index contributed by atoms with van der Waals surface area (Å²) in [5, 5.41) is 0. The van der Waals surface area contributed by atoms with Gasteiger partial charge in [-0.15, -0.1) is 0 Å². The van der Waals surface area contributed by atoms with E-state index >= 15 is 0 Å². The predicted octanol–water partition coefficient (Wildman–Crippen LogP) is 4.16. The highest BCUT2D eigenvalue weighted by molar-refractivity contribution is 7.79. The smallest absolute Gasteiger partial charge is 0.0154 e. The molecule has 1 fully saturated rings. The van der Waals surface area contributed by atoms with Crippen LogP contribution in [0.4, 0.5) is 0 Å². The number of hydrogen-bond donors (Lipinski definition) is 1. The van der Waals surface area contributed by atoms with Gasteiger partial charge in [-0.3, -0.25) is 0 Å². The van der Waals surface area contributed by atoms with Gasteiger partial charge in [-0.05, 0) is 29.9 Å². The molecule has 0 atom stereocenters. The molecule has 1 aromatic rings. The van der Waals surface area contributed by atoms with Gasteiger partial charge in [0, 0.05) is 5.75 Å². The molecule has 2 rings (SSSR count). The van der Waals surface area contributed by atoms with Crippen molar-refractivity contribution in [3.63, 3.8) is 0 Å². The summed E-state index contributed by atoms with van der Waals surface area (Å²) in [6, 6.07) is 8.96. The molecule has 76 valence electrons. The van der Waals surface area contributed by atoms with Gasteiger partial charge < -0.3 is 0 Å². The summed E-state index contributed by atoms with van der Waals surface area (Å²) < 4.78 is 0. The molecule has 0 amide bonds. The predicted molar refractivity (Wildman–Crippen MR) is 65.0 cm³/mol. The van der Waals surface area contributed by atoms with Crippen molar-refractivity contribution in [1.29, 1.82) is 0 Å². The zero-order valence-electron chi connectivity index (χ0n) is 8.58. The van der Waals surface area contributed by atoms with Crippen LogP contribution in [0.2, 0.25) is 0 Å². The van der Waals surface area contributed by atoms with E-state index in [1.165, 1.54) is 43.2 Å². The van der Waals surface area contributed by atoms with Gasteiger partial charge in [0.1, 0.15) is 0 Å². The number of rotatable bonds is 2. The van der Waals surface area contributed by atoms with Crippen LogP contribution < -0.4 is 0 Å². The molecule has 1 aliphatic rings. The van der Waals surface area contributed by atoms with Gasteiger partial charge in [0.25, 0.3) is 0 Å². The summed E-state index contributed by atoms with van der Waals surface area (Å²) in [6.45, 7) is 0. The molecule has 0 bridgehead atoms. The third-order valence-electron chi connectivity index (χ3n) is 3.21. The van der Waals surface area contributed by atoms with Crippen molar-refractivity contribution in [1.82, 2.24) is 0 Å². The molecule has 0 aliphatic heterocycles. The van der Waals surface area contributed by atoms with E-state index in [1.807, 2.05) is 0 Å². The molecule has 1 heteroatoms. The van der Waals surface area contributed by atoms with E-state index in [0.29, 0.717) is 0 Å². The van der Waals surface area contributed by atoms with E-state index < -0.39 is 0 Å². The van der Waals surface area contributed by atoms with Crippen molar-refractivity contribution in [2.24, 2.45) is 0 Å². The normalized spacial score (nSPS) is 18.4. The van der Waals surface area contributed by atoms with Crippen LogP contribution in [-0.2, 0) is 5.75 Å². The van der Waals surface area contributed by atoms with Crippen LogP contribution in [0, 0.1) is 0 Å². The molecule has 1 aromatic carbocycles. The highest BCUT2D eigenvalue weighted by Gasteiger charge is 2.15. The van der Waals surface area contributed by atoms with E-state index in [2.05, 4.69) is 36.9 Å². The summed E-state index contributed by atoms with van der Waals surface area (Å²) >= 11 is 4.32. The molecule has 14 heavy (non-hydrogen) atoms. The van der Waals surface area contributed by atoms with Crippen LogP contribution in [0.3, 0.4) is 0 Å². The minimum absolute atomic E-state index is 0.823. The Balaban J connectivity index is 2.13. The van der Waals surface area contributed by atoms with Gasteiger partial charge in [-0.1, -0.05) is 43.5 Å². The third kappa shape index (κ3) is 2.33. The minimum Gasteiger partial charge on any atom is -0.175 e. The van der Waals surface area contributed by atoms with Crippen molar-refractivity contribution in [3.05, 3.63) is 35.4 Å². The molecule has 0 saturated heterocycles. The van der Waals surface area contributed by atoms with E-state index in [1.54, 1.807) is 0 Å². The second kappa shape index (κ2) is 4.88. The molecule has 1 aliphatic carbocycles. The third-order valence-corrected chi connectivity index (χ3v) is 3.58. The lowest BCUT2D eigenvalue weighted by Gasteiger charge is -2.22. The molecular weight excluding hydrogens is 188 g/mol. The fourth-order valence-electron chi connectivity index (χ4n) is 2.38. The van der Waals surface area contributed by atoms with E-state index in [0.717, 1.165) is 11.7 Å². The average Bonchev–Trinajstić information content (AvgIpc) is 2.30. The van der Waals surface area contributed by atoms with Gasteiger partial charge in [-0.2, -0.15) is 12.6 Å². The molecule has 0 aromatic heterocycles. The molecule has 0 radical (unpaired) electrons. The van der Waals surface area contributed by atoms with E-state index in [4.69, 9.17) is 0 Å². The maximum absolute atomic E-state index is 4.32. The lowest BCUT2D eigenvalue weighted by Crippen LogP contribution is -2.04. The summed E-state index contributed by atoms with van der Waals surface area (Å²) in [5.74, 6) is 1.68. The van der Waals surface area contributed by atoms with E-state index in [-0.39, 0.29) is 0 Å². The maximum atomic E-state index is 4.32. The van der Waals surface area contributed by atoms with Gasteiger partial charge in [0.15, 0.2) is 0 Å². The molecule has 0 spiro atoms. The number of thiol groups is 1. The Hall–Kier alpha value is -0.430. The molecule has 0 N–H and O–H groups in total. The fraction of sp³-hybridized carbons (Fsp3) is 0.538. The van der Waals surface area contributed by atoms with Crippen LogP contribution in [-0.4, -0.2) is 0 Å². The van der Waals surface area contributed by atoms with Gasteiger partial charge in [0.2, 0.25) is 0 Å².